The van der Waals surface area contributed by atoms with Crippen molar-refractivity contribution in [3.05, 3.63) is 69.9 Å². The smallest absolute Gasteiger partial charge is 0.291 e. The zero-order valence-electron chi connectivity index (χ0n) is 15.9. The second-order valence-corrected chi connectivity index (χ2v) is 7.00. The SMILES string of the molecule is CCCCc1ccccc1NC(=O)c1ccc(Cn2nc(C)c(Cl)c2C)o1. The van der Waals surface area contributed by atoms with Crippen molar-refractivity contribution in [1.82, 2.24) is 9.78 Å². The molecule has 0 radical (unpaired) electrons. The van der Waals surface area contributed by atoms with Gasteiger partial charge in [0.15, 0.2) is 5.76 Å². The number of nitrogens with zero attached hydrogens (tertiary/aromatic N) is 2. The summed E-state index contributed by atoms with van der Waals surface area (Å²) in [7, 11) is 0. The minimum Gasteiger partial charge on any atom is -0.454 e. The number of aryl methyl sites for hydroxylation is 2. The first-order valence-corrected chi connectivity index (χ1v) is 9.55. The Bertz CT molecular complexity index is 943. The van der Waals surface area contributed by atoms with E-state index in [2.05, 4.69) is 17.3 Å². The van der Waals surface area contributed by atoms with E-state index in [0.717, 1.165) is 41.9 Å². The van der Waals surface area contributed by atoms with Crippen LogP contribution in [-0.2, 0) is 13.0 Å². The number of hydrogen-bond donors (Lipinski definition) is 1. The summed E-state index contributed by atoms with van der Waals surface area (Å²) in [5.74, 6) is 0.682. The van der Waals surface area contributed by atoms with Crippen LogP contribution in [0.3, 0.4) is 0 Å². The molecule has 0 aliphatic rings. The Labute approximate surface area is 164 Å². The molecule has 1 N–H and O–H groups in total. The van der Waals surface area contributed by atoms with Gasteiger partial charge in [-0.25, -0.2) is 0 Å². The van der Waals surface area contributed by atoms with Gasteiger partial charge in [-0.1, -0.05) is 43.1 Å². The van der Waals surface area contributed by atoms with Gasteiger partial charge in [0.25, 0.3) is 5.91 Å². The molecule has 2 aromatic heterocycles. The van der Waals surface area contributed by atoms with Gasteiger partial charge in [0.1, 0.15) is 5.76 Å². The van der Waals surface area contributed by atoms with Crippen molar-refractivity contribution < 1.29 is 9.21 Å². The molecule has 5 nitrogen and oxygen atoms in total. The molecule has 3 aromatic rings. The van der Waals surface area contributed by atoms with E-state index in [4.69, 9.17) is 16.0 Å². The molecule has 0 spiro atoms. The molecule has 0 unspecified atom stereocenters. The third-order valence-electron chi connectivity index (χ3n) is 4.55. The lowest BCUT2D eigenvalue weighted by molar-refractivity contribution is 0.0994. The van der Waals surface area contributed by atoms with Crippen LogP contribution in [0.2, 0.25) is 5.02 Å². The van der Waals surface area contributed by atoms with Crippen LogP contribution < -0.4 is 5.32 Å². The van der Waals surface area contributed by atoms with E-state index < -0.39 is 0 Å². The first kappa shape index (κ1) is 19.2. The largest absolute Gasteiger partial charge is 0.454 e. The van der Waals surface area contributed by atoms with Crippen LogP contribution in [-0.4, -0.2) is 15.7 Å². The van der Waals surface area contributed by atoms with Crippen LogP contribution in [0.15, 0.2) is 40.8 Å². The van der Waals surface area contributed by atoms with E-state index >= 15 is 0 Å². The molecule has 3 rings (SSSR count). The van der Waals surface area contributed by atoms with E-state index in [9.17, 15) is 4.79 Å². The van der Waals surface area contributed by atoms with Crippen molar-refractivity contribution in [2.75, 3.05) is 5.32 Å². The number of amides is 1. The number of unbranched alkanes of at least 4 members (excludes halogenated alkanes) is 1. The van der Waals surface area contributed by atoms with Crippen LogP contribution in [0.5, 0.6) is 0 Å². The molecule has 6 heteroatoms. The molecule has 0 bridgehead atoms. The Kier molecular flexibility index (Phi) is 6.01. The standard InChI is InChI=1S/C21H24ClN3O2/c1-4-5-8-16-9-6-7-10-18(16)23-21(26)19-12-11-17(27-19)13-25-15(3)20(22)14(2)24-25/h6-7,9-12H,4-5,8,13H2,1-3H3,(H,23,26). The van der Waals surface area contributed by atoms with Crippen molar-refractivity contribution >= 4 is 23.2 Å². The lowest BCUT2D eigenvalue weighted by Crippen LogP contribution is -2.12. The number of hydrogen-bond acceptors (Lipinski definition) is 3. The number of aromatic nitrogens is 2. The van der Waals surface area contributed by atoms with Gasteiger partial charge in [0.05, 0.1) is 23.0 Å². The fraction of sp³-hybridized carbons (Fsp3) is 0.333. The summed E-state index contributed by atoms with van der Waals surface area (Å²) in [6, 6.07) is 11.4. The summed E-state index contributed by atoms with van der Waals surface area (Å²) in [6.07, 6.45) is 3.14. The van der Waals surface area contributed by atoms with Gasteiger partial charge >= 0.3 is 0 Å². The number of anilines is 1. The molecule has 142 valence electrons. The number of nitrogens with one attached hydrogen (secondary N) is 1. The third kappa shape index (κ3) is 4.42. The van der Waals surface area contributed by atoms with Crippen LogP contribution in [0, 0.1) is 13.8 Å². The molecule has 0 atom stereocenters. The summed E-state index contributed by atoms with van der Waals surface area (Å²) in [6.45, 7) is 6.36. The Hall–Kier alpha value is -2.53. The van der Waals surface area contributed by atoms with E-state index in [0.29, 0.717) is 17.3 Å². The van der Waals surface area contributed by atoms with Crippen LogP contribution in [0.4, 0.5) is 5.69 Å². The maximum absolute atomic E-state index is 12.6. The summed E-state index contributed by atoms with van der Waals surface area (Å²) in [5, 5.41) is 8.01. The van der Waals surface area contributed by atoms with Crippen molar-refractivity contribution in [1.29, 1.82) is 0 Å². The van der Waals surface area contributed by atoms with Crippen molar-refractivity contribution in [3.63, 3.8) is 0 Å². The number of carbonyl (C=O) groups excluding carboxylic acids is 1. The quantitative estimate of drug-likeness (QED) is 0.593. The summed E-state index contributed by atoms with van der Waals surface area (Å²) in [4.78, 5) is 12.6. The number of carbonyl (C=O) groups is 1. The topological polar surface area (TPSA) is 60.1 Å². The third-order valence-corrected chi connectivity index (χ3v) is 5.10. The number of para-hydroxylation sites is 1. The van der Waals surface area contributed by atoms with Gasteiger partial charge < -0.3 is 9.73 Å². The molecule has 0 aliphatic carbocycles. The highest BCUT2D eigenvalue weighted by atomic mass is 35.5. The van der Waals surface area contributed by atoms with Gasteiger partial charge in [-0.15, -0.1) is 0 Å². The van der Waals surface area contributed by atoms with Crippen molar-refractivity contribution in [3.8, 4) is 0 Å². The number of halogens is 1. The van der Waals surface area contributed by atoms with Gasteiger partial charge in [-0.05, 0) is 50.5 Å². The Morgan fingerprint density at radius 1 is 1.22 bits per heavy atom. The van der Waals surface area contributed by atoms with Gasteiger partial charge in [0, 0.05) is 5.69 Å². The molecule has 27 heavy (non-hydrogen) atoms. The lowest BCUT2D eigenvalue weighted by Gasteiger charge is -2.09. The maximum Gasteiger partial charge on any atom is 0.291 e. The predicted octanol–water partition coefficient (Wildman–Crippen LogP) is 5.39. The zero-order valence-corrected chi connectivity index (χ0v) is 16.6. The van der Waals surface area contributed by atoms with Crippen molar-refractivity contribution in [2.45, 2.75) is 46.6 Å². The Morgan fingerprint density at radius 3 is 2.70 bits per heavy atom. The number of furan rings is 1. The Morgan fingerprint density at radius 2 is 2.00 bits per heavy atom. The van der Waals surface area contributed by atoms with Crippen molar-refractivity contribution in [2.24, 2.45) is 0 Å². The van der Waals surface area contributed by atoms with E-state index in [1.54, 1.807) is 16.8 Å². The molecular formula is C21H24ClN3O2. The molecule has 0 saturated heterocycles. The highest BCUT2D eigenvalue weighted by Gasteiger charge is 2.15. The van der Waals surface area contributed by atoms with Gasteiger partial charge in [0.2, 0.25) is 0 Å². The van der Waals surface area contributed by atoms with Crippen LogP contribution >= 0.6 is 11.6 Å². The zero-order chi connectivity index (χ0) is 19.4. The Balaban J connectivity index is 1.71. The molecule has 1 amide bonds. The molecule has 0 aliphatic heterocycles. The summed E-state index contributed by atoms with van der Waals surface area (Å²) in [5.41, 5.74) is 3.62. The number of benzene rings is 1. The first-order chi connectivity index (χ1) is 13.0. The number of rotatable bonds is 7. The van der Waals surface area contributed by atoms with Crippen LogP contribution in [0.1, 0.15) is 53.0 Å². The van der Waals surface area contributed by atoms with Crippen LogP contribution in [0.25, 0.3) is 0 Å². The molecule has 1 aromatic carbocycles. The lowest BCUT2D eigenvalue weighted by atomic mass is 10.1. The first-order valence-electron chi connectivity index (χ1n) is 9.17. The second kappa shape index (κ2) is 8.44. The summed E-state index contributed by atoms with van der Waals surface area (Å²) >= 11 is 6.18. The van der Waals surface area contributed by atoms with Gasteiger partial charge in [-0.3, -0.25) is 9.48 Å². The van der Waals surface area contributed by atoms with Gasteiger partial charge in [-0.2, -0.15) is 5.10 Å². The second-order valence-electron chi connectivity index (χ2n) is 6.62. The highest BCUT2D eigenvalue weighted by Crippen LogP contribution is 2.22. The normalized spacial score (nSPS) is 11.0. The molecule has 0 saturated carbocycles. The van der Waals surface area contributed by atoms with E-state index in [1.807, 2.05) is 38.1 Å². The minimum atomic E-state index is -0.253. The average Bonchev–Trinajstić information content (AvgIpc) is 3.22. The molecular weight excluding hydrogens is 362 g/mol. The van der Waals surface area contributed by atoms with E-state index in [-0.39, 0.29) is 11.7 Å². The fourth-order valence-electron chi connectivity index (χ4n) is 2.97. The minimum absolute atomic E-state index is 0.253. The monoisotopic (exact) mass is 385 g/mol. The fourth-order valence-corrected chi connectivity index (χ4v) is 3.11. The summed E-state index contributed by atoms with van der Waals surface area (Å²) < 4.78 is 7.51. The maximum atomic E-state index is 12.6. The van der Waals surface area contributed by atoms with E-state index in [1.165, 1.54) is 0 Å². The molecule has 0 fully saturated rings. The molecule has 2 heterocycles. The highest BCUT2D eigenvalue weighted by molar-refractivity contribution is 6.31. The average molecular weight is 386 g/mol. The predicted molar refractivity (Wildman–Crippen MR) is 108 cm³/mol.